The number of hydrogen-bond donors (Lipinski definition) is 2. The summed E-state index contributed by atoms with van der Waals surface area (Å²) in [6, 6.07) is 3.75. The van der Waals surface area contributed by atoms with Crippen LogP contribution >= 0.6 is 11.3 Å². The molecule has 4 N–H and O–H groups in total. The number of pyridine rings is 2. The first-order chi connectivity index (χ1) is 9.18. The van der Waals surface area contributed by atoms with Gasteiger partial charge in [-0.05, 0) is 17.7 Å². The molecule has 19 heavy (non-hydrogen) atoms. The number of aromatic nitrogens is 2. The molecule has 5 nitrogen and oxygen atoms in total. The third-order valence-corrected chi connectivity index (χ3v) is 4.01. The first-order valence-corrected chi connectivity index (χ1v) is 6.36. The quantitative estimate of drug-likeness (QED) is 0.745. The average molecular weight is 270 g/mol. The number of thiophene rings is 1. The van der Waals surface area contributed by atoms with Crippen molar-refractivity contribution in [1.29, 1.82) is 0 Å². The van der Waals surface area contributed by atoms with Crippen molar-refractivity contribution in [2.24, 2.45) is 5.73 Å². The Morgan fingerprint density at radius 1 is 1.16 bits per heavy atom. The van der Waals surface area contributed by atoms with Crippen LogP contribution in [-0.2, 0) is 0 Å². The summed E-state index contributed by atoms with van der Waals surface area (Å²) in [6.07, 6.45) is 6.82. The highest BCUT2D eigenvalue weighted by Gasteiger charge is 2.17. The zero-order valence-corrected chi connectivity index (χ0v) is 10.6. The number of primary amides is 1. The molecule has 94 valence electrons. The van der Waals surface area contributed by atoms with Crippen molar-refractivity contribution >= 4 is 33.0 Å². The summed E-state index contributed by atoms with van der Waals surface area (Å²) in [5, 5.41) is 0.819. The fourth-order valence-corrected chi connectivity index (χ4v) is 2.98. The molecule has 0 fully saturated rings. The molecule has 0 aromatic carbocycles. The Kier molecular flexibility index (Phi) is 2.64. The van der Waals surface area contributed by atoms with Crippen molar-refractivity contribution < 1.29 is 4.79 Å². The molecular formula is C13H10N4OS. The predicted molar refractivity (Wildman–Crippen MR) is 75.8 cm³/mol. The lowest BCUT2D eigenvalue weighted by molar-refractivity contribution is 0.100. The maximum absolute atomic E-state index is 11.4. The first-order valence-electron chi connectivity index (χ1n) is 5.54. The lowest BCUT2D eigenvalue weighted by Crippen LogP contribution is -2.10. The van der Waals surface area contributed by atoms with E-state index < -0.39 is 5.91 Å². The largest absolute Gasteiger partial charge is 0.397 e. The van der Waals surface area contributed by atoms with Crippen molar-refractivity contribution in [2.45, 2.75) is 0 Å². The monoisotopic (exact) mass is 270 g/mol. The maximum Gasteiger partial charge on any atom is 0.260 e. The minimum absolute atomic E-state index is 0.373. The van der Waals surface area contributed by atoms with Crippen molar-refractivity contribution in [3.05, 3.63) is 41.8 Å². The van der Waals surface area contributed by atoms with Crippen LogP contribution in [0.4, 0.5) is 5.69 Å². The normalized spacial score (nSPS) is 10.7. The standard InChI is InChI=1S/C13H10N4OS/c14-11-10-8(7-1-3-16-4-2-7)5-17-6-9(10)19-12(11)13(15)18/h1-6H,14H2,(H2,15,18). The van der Waals surface area contributed by atoms with Crippen LogP contribution in [0.25, 0.3) is 21.2 Å². The topological polar surface area (TPSA) is 94.9 Å². The van der Waals surface area contributed by atoms with E-state index in [2.05, 4.69) is 9.97 Å². The summed E-state index contributed by atoms with van der Waals surface area (Å²) >= 11 is 1.26. The van der Waals surface area contributed by atoms with Crippen molar-refractivity contribution in [1.82, 2.24) is 9.97 Å². The lowest BCUT2D eigenvalue weighted by Gasteiger charge is -2.03. The summed E-state index contributed by atoms with van der Waals surface area (Å²) in [7, 11) is 0. The highest BCUT2D eigenvalue weighted by atomic mass is 32.1. The fraction of sp³-hybridized carbons (Fsp3) is 0. The zero-order valence-electron chi connectivity index (χ0n) is 9.83. The van der Waals surface area contributed by atoms with E-state index in [4.69, 9.17) is 11.5 Å². The van der Waals surface area contributed by atoms with Gasteiger partial charge in [0.05, 0.1) is 10.4 Å². The van der Waals surface area contributed by atoms with E-state index in [0.717, 1.165) is 21.2 Å². The van der Waals surface area contributed by atoms with Gasteiger partial charge in [-0.25, -0.2) is 0 Å². The number of nitrogens with zero attached hydrogens (tertiary/aromatic N) is 2. The number of nitrogen functional groups attached to an aromatic ring is 1. The van der Waals surface area contributed by atoms with Crippen LogP contribution in [0.1, 0.15) is 9.67 Å². The molecule has 0 spiro atoms. The Balaban J connectivity index is 2.35. The van der Waals surface area contributed by atoms with Crippen molar-refractivity contribution in [3.63, 3.8) is 0 Å². The minimum Gasteiger partial charge on any atom is -0.397 e. The number of amides is 1. The van der Waals surface area contributed by atoms with Crippen LogP contribution < -0.4 is 11.5 Å². The molecule has 3 aromatic rings. The summed E-state index contributed by atoms with van der Waals surface area (Å²) in [5.74, 6) is -0.514. The first kappa shape index (κ1) is 11.6. The lowest BCUT2D eigenvalue weighted by atomic mass is 10.0. The van der Waals surface area contributed by atoms with Gasteiger partial charge in [0.25, 0.3) is 5.91 Å². The molecule has 0 aliphatic carbocycles. The molecule has 6 heteroatoms. The van der Waals surface area contributed by atoms with Gasteiger partial charge >= 0.3 is 0 Å². The van der Waals surface area contributed by atoms with Gasteiger partial charge in [0.2, 0.25) is 0 Å². The molecule has 0 radical (unpaired) electrons. The summed E-state index contributed by atoms with van der Waals surface area (Å²) in [5.41, 5.74) is 13.6. The van der Waals surface area contributed by atoms with E-state index in [1.54, 1.807) is 24.8 Å². The SMILES string of the molecule is NC(=O)c1sc2cncc(-c3ccncc3)c2c1N. The van der Waals surface area contributed by atoms with Gasteiger partial charge in [-0.1, -0.05) is 0 Å². The second-order valence-electron chi connectivity index (χ2n) is 4.01. The van der Waals surface area contributed by atoms with Gasteiger partial charge in [-0.3, -0.25) is 14.8 Å². The van der Waals surface area contributed by atoms with Gasteiger partial charge in [-0.15, -0.1) is 11.3 Å². The Labute approximate surface area is 112 Å². The molecule has 0 saturated heterocycles. The number of hydrogen-bond acceptors (Lipinski definition) is 5. The fourth-order valence-electron chi connectivity index (χ4n) is 2.01. The Hall–Kier alpha value is -2.47. The smallest absolute Gasteiger partial charge is 0.260 e. The second-order valence-corrected chi connectivity index (χ2v) is 5.06. The van der Waals surface area contributed by atoms with E-state index in [9.17, 15) is 4.79 Å². The van der Waals surface area contributed by atoms with Crippen LogP contribution in [0.3, 0.4) is 0 Å². The summed E-state index contributed by atoms with van der Waals surface area (Å²) in [4.78, 5) is 19.9. The van der Waals surface area contributed by atoms with E-state index in [1.165, 1.54) is 11.3 Å². The highest BCUT2D eigenvalue weighted by molar-refractivity contribution is 7.21. The van der Waals surface area contributed by atoms with Crippen LogP contribution in [0.5, 0.6) is 0 Å². The number of fused-ring (bicyclic) bond motifs is 1. The molecule has 0 unspecified atom stereocenters. The molecule has 3 aromatic heterocycles. The molecular weight excluding hydrogens is 260 g/mol. The molecule has 3 heterocycles. The average Bonchev–Trinajstić information content (AvgIpc) is 2.78. The number of rotatable bonds is 2. The van der Waals surface area contributed by atoms with Crippen LogP contribution in [0.2, 0.25) is 0 Å². The molecule has 0 saturated carbocycles. The number of carbonyl (C=O) groups is 1. The van der Waals surface area contributed by atoms with Crippen LogP contribution in [0, 0.1) is 0 Å². The van der Waals surface area contributed by atoms with Gasteiger partial charge in [0, 0.05) is 35.7 Å². The Morgan fingerprint density at radius 2 is 1.89 bits per heavy atom. The maximum atomic E-state index is 11.4. The number of carbonyl (C=O) groups excluding carboxylic acids is 1. The summed E-state index contributed by atoms with van der Waals surface area (Å²) in [6.45, 7) is 0. The third kappa shape index (κ3) is 1.82. The van der Waals surface area contributed by atoms with Crippen molar-refractivity contribution in [3.8, 4) is 11.1 Å². The molecule has 1 amide bonds. The van der Waals surface area contributed by atoms with Crippen LogP contribution in [0.15, 0.2) is 36.9 Å². The van der Waals surface area contributed by atoms with E-state index >= 15 is 0 Å². The zero-order chi connectivity index (χ0) is 13.4. The second kappa shape index (κ2) is 4.33. The molecule has 0 bridgehead atoms. The van der Waals surface area contributed by atoms with Gasteiger partial charge in [0.15, 0.2) is 0 Å². The highest BCUT2D eigenvalue weighted by Crippen LogP contribution is 2.38. The Bertz CT molecular complexity index is 767. The Morgan fingerprint density at radius 3 is 2.58 bits per heavy atom. The van der Waals surface area contributed by atoms with Gasteiger partial charge in [0.1, 0.15) is 4.88 Å². The van der Waals surface area contributed by atoms with Crippen LogP contribution in [-0.4, -0.2) is 15.9 Å². The van der Waals surface area contributed by atoms with Gasteiger partial charge < -0.3 is 11.5 Å². The van der Waals surface area contributed by atoms with Gasteiger partial charge in [-0.2, -0.15) is 0 Å². The summed E-state index contributed by atoms with van der Waals surface area (Å²) < 4.78 is 0.848. The molecule has 0 aliphatic rings. The number of nitrogens with two attached hydrogens (primary N) is 2. The van der Waals surface area contributed by atoms with E-state index in [0.29, 0.717) is 10.6 Å². The predicted octanol–water partition coefficient (Wildman–Crippen LogP) is 2.04. The molecule has 3 rings (SSSR count). The molecule has 0 aliphatic heterocycles. The van der Waals surface area contributed by atoms with Crippen molar-refractivity contribution in [2.75, 3.05) is 5.73 Å². The van der Waals surface area contributed by atoms with E-state index in [1.807, 2.05) is 12.1 Å². The third-order valence-electron chi connectivity index (χ3n) is 2.85. The number of anilines is 1. The minimum atomic E-state index is -0.514. The molecule has 0 atom stereocenters. The van der Waals surface area contributed by atoms with E-state index in [-0.39, 0.29) is 0 Å².